The van der Waals surface area contributed by atoms with Gasteiger partial charge in [0.05, 0.1) is 11.5 Å². The van der Waals surface area contributed by atoms with Gasteiger partial charge in [0, 0.05) is 6.42 Å². The summed E-state index contributed by atoms with van der Waals surface area (Å²) in [5.41, 5.74) is 0.545. The third-order valence-electron chi connectivity index (χ3n) is 3.51. The largest absolute Gasteiger partial charge is 0.477 e. The lowest BCUT2D eigenvalue weighted by molar-refractivity contribution is 0.0688. The van der Waals surface area contributed by atoms with Gasteiger partial charge in [0.2, 0.25) is 0 Å². The molecule has 1 N–H and O–H groups in total. The zero-order chi connectivity index (χ0) is 14.3. The summed E-state index contributed by atoms with van der Waals surface area (Å²) < 4.78 is 24.4. The van der Waals surface area contributed by atoms with Crippen LogP contribution in [0.15, 0.2) is 18.2 Å². The molecule has 0 saturated carbocycles. The van der Waals surface area contributed by atoms with Gasteiger partial charge in [-0.1, -0.05) is 6.07 Å². The number of rotatable bonds is 3. The number of sulfone groups is 1. The van der Waals surface area contributed by atoms with E-state index in [1.165, 1.54) is 10.5 Å². The quantitative estimate of drug-likeness (QED) is 0.879. The van der Waals surface area contributed by atoms with E-state index in [9.17, 15) is 18.3 Å². The van der Waals surface area contributed by atoms with Gasteiger partial charge in [-0.2, -0.15) is 0 Å². The highest BCUT2D eigenvalue weighted by Crippen LogP contribution is 2.22. The van der Waals surface area contributed by atoms with E-state index in [1.807, 2.05) is 0 Å². The number of carboxylic acids is 1. The molecule has 106 valence electrons. The first kappa shape index (κ1) is 13.0. The number of carboxylic acid groups (broad SMARTS) is 1. The van der Waals surface area contributed by atoms with E-state index in [4.69, 9.17) is 0 Å². The minimum Gasteiger partial charge on any atom is -0.477 e. The van der Waals surface area contributed by atoms with Crippen molar-refractivity contribution in [2.75, 3.05) is 11.5 Å². The van der Waals surface area contributed by atoms with Crippen LogP contribution in [-0.4, -0.2) is 45.6 Å². The van der Waals surface area contributed by atoms with Crippen molar-refractivity contribution in [2.45, 2.75) is 12.8 Å². The molecule has 0 aromatic carbocycles. The third-order valence-corrected chi connectivity index (χ3v) is 5.35. The maximum atomic E-state index is 11.5. The number of aromatic nitrogens is 3. The van der Waals surface area contributed by atoms with Crippen molar-refractivity contribution in [1.82, 2.24) is 14.6 Å². The Morgan fingerprint density at radius 1 is 1.40 bits per heavy atom. The third kappa shape index (κ3) is 2.26. The Labute approximate surface area is 115 Å². The second-order valence-corrected chi connectivity index (χ2v) is 7.23. The van der Waals surface area contributed by atoms with Crippen LogP contribution in [0, 0.1) is 5.92 Å². The van der Waals surface area contributed by atoms with E-state index < -0.39 is 15.8 Å². The van der Waals surface area contributed by atoms with Gasteiger partial charge in [0.15, 0.2) is 15.5 Å². The lowest BCUT2D eigenvalue weighted by Gasteiger charge is -2.07. The van der Waals surface area contributed by atoms with Crippen molar-refractivity contribution in [2.24, 2.45) is 5.92 Å². The van der Waals surface area contributed by atoms with Crippen molar-refractivity contribution in [1.29, 1.82) is 0 Å². The predicted molar refractivity (Wildman–Crippen MR) is 70.4 cm³/mol. The van der Waals surface area contributed by atoms with Crippen LogP contribution in [0.5, 0.6) is 0 Å². The standard InChI is InChI=1S/C12H13N3O4S/c16-12(17)9-2-1-3-10-13-14-11(15(9)10)6-8-4-5-20(18,19)7-8/h1-3,8H,4-7H2,(H,16,17). The van der Waals surface area contributed by atoms with Gasteiger partial charge in [0.1, 0.15) is 11.5 Å². The lowest BCUT2D eigenvalue weighted by Crippen LogP contribution is -2.13. The molecule has 8 heteroatoms. The van der Waals surface area contributed by atoms with Crippen LogP contribution >= 0.6 is 0 Å². The molecule has 2 aromatic heterocycles. The minimum absolute atomic E-state index is 0.0192. The number of fused-ring (bicyclic) bond motifs is 1. The molecule has 0 spiro atoms. The number of nitrogens with zero attached hydrogens (tertiary/aromatic N) is 3. The molecular weight excluding hydrogens is 282 g/mol. The smallest absolute Gasteiger partial charge is 0.352 e. The molecule has 7 nitrogen and oxygen atoms in total. The highest BCUT2D eigenvalue weighted by molar-refractivity contribution is 7.91. The van der Waals surface area contributed by atoms with Gasteiger partial charge in [0.25, 0.3) is 0 Å². The first-order valence-electron chi connectivity index (χ1n) is 6.23. The molecule has 1 aliphatic rings. The van der Waals surface area contributed by atoms with Crippen LogP contribution in [-0.2, 0) is 16.3 Å². The normalized spacial score (nSPS) is 21.3. The molecule has 0 radical (unpaired) electrons. The molecule has 0 aliphatic carbocycles. The molecule has 1 aliphatic heterocycles. The first-order valence-corrected chi connectivity index (χ1v) is 8.05. The molecule has 1 unspecified atom stereocenters. The summed E-state index contributed by atoms with van der Waals surface area (Å²) in [6, 6.07) is 4.76. The van der Waals surface area contributed by atoms with Gasteiger partial charge >= 0.3 is 5.97 Å². The summed E-state index contributed by atoms with van der Waals surface area (Å²) in [6.45, 7) is 0. The van der Waals surface area contributed by atoms with E-state index in [2.05, 4.69) is 10.2 Å². The summed E-state index contributed by atoms with van der Waals surface area (Å²) in [6.07, 6.45) is 1.01. The molecule has 1 atom stereocenters. The van der Waals surface area contributed by atoms with Crippen molar-refractivity contribution >= 4 is 21.5 Å². The van der Waals surface area contributed by atoms with Crippen molar-refractivity contribution < 1.29 is 18.3 Å². The Hall–Kier alpha value is -1.96. The van der Waals surface area contributed by atoms with Crippen LogP contribution < -0.4 is 0 Å². The monoisotopic (exact) mass is 295 g/mol. The average Bonchev–Trinajstić information content (AvgIpc) is 2.93. The van der Waals surface area contributed by atoms with Gasteiger partial charge < -0.3 is 5.11 Å². The Balaban J connectivity index is 1.98. The molecule has 0 bridgehead atoms. The van der Waals surface area contributed by atoms with Crippen molar-refractivity contribution in [3.63, 3.8) is 0 Å². The maximum absolute atomic E-state index is 11.5. The topological polar surface area (TPSA) is 102 Å². The van der Waals surface area contributed by atoms with Gasteiger partial charge in [-0.05, 0) is 24.5 Å². The van der Waals surface area contributed by atoms with E-state index in [0.29, 0.717) is 24.3 Å². The average molecular weight is 295 g/mol. The number of pyridine rings is 1. The molecule has 2 aromatic rings. The second kappa shape index (κ2) is 4.55. The minimum atomic E-state index is -2.95. The fraction of sp³-hybridized carbons (Fsp3) is 0.417. The second-order valence-electron chi connectivity index (χ2n) is 5.00. The lowest BCUT2D eigenvalue weighted by atomic mass is 10.1. The molecule has 3 heterocycles. The number of aromatic carboxylic acids is 1. The maximum Gasteiger partial charge on any atom is 0.352 e. The fourth-order valence-corrected chi connectivity index (χ4v) is 4.45. The molecule has 1 saturated heterocycles. The van der Waals surface area contributed by atoms with E-state index in [-0.39, 0.29) is 23.1 Å². The van der Waals surface area contributed by atoms with E-state index in [0.717, 1.165) is 0 Å². The van der Waals surface area contributed by atoms with Gasteiger partial charge in [-0.3, -0.25) is 4.40 Å². The number of carbonyl (C=O) groups is 1. The summed E-state index contributed by atoms with van der Waals surface area (Å²) in [5.74, 6) is -0.248. The van der Waals surface area contributed by atoms with Crippen LogP contribution in [0.4, 0.5) is 0 Å². The summed E-state index contributed by atoms with van der Waals surface area (Å²) in [5, 5.41) is 17.1. The Kier molecular flexibility index (Phi) is 2.97. The Bertz CT molecular complexity index is 781. The highest BCUT2D eigenvalue weighted by Gasteiger charge is 2.29. The van der Waals surface area contributed by atoms with E-state index in [1.54, 1.807) is 12.1 Å². The zero-order valence-corrected chi connectivity index (χ0v) is 11.4. The van der Waals surface area contributed by atoms with Gasteiger partial charge in [-0.15, -0.1) is 10.2 Å². The Morgan fingerprint density at radius 3 is 2.85 bits per heavy atom. The fourth-order valence-electron chi connectivity index (χ4n) is 2.59. The molecule has 1 fully saturated rings. The van der Waals surface area contributed by atoms with Crippen molar-refractivity contribution in [3.8, 4) is 0 Å². The highest BCUT2D eigenvalue weighted by atomic mass is 32.2. The van der Waals surface area contributed by atoms with Crippen LogP contribution in [0.1, 0.15) is 22.7 Å². The number of hydrogen-bond donors (Lipinski definition) is 1. The van der Waals surface area contributed by atoms with Crippen LogP contribution in [0.2, 0.25) is 0 Å². The van der Waals surface area contributed by atoms with Crippen molar-refractivity contribution in [3.05, 3.63) is 29.7 Å². The predicted octanol–water partition coefficient (Wildman–Crippen LogP) is 0.405. The first-order chi connectivity index (χ1) is 9.46. The number of hydrogen-bond acceptors (Lipinski definition) is 5. The summed E-state index contributed by atoms with van der Waals surface area (Å²) in [4.78, 5) is 11.2. The van der Waals surface area contributed by atoms with Crippen LogP contribution in [0.25, 0.3) is 5.65 Å². The van der Waals surface area contributed by atoms with E-state index >= 15 is 0 Å². The van der Waals surface area contributed by atoms with Gasteiger partial charge in [-0.25, -0.2) is 13.2 Å². The summed E-state index contributed by atoms with van der Waals surface area (Å²) in [7, 11) is -2.95. The van der Waals surface area contributed by atoms with Crippen LogP contribution in [0.3, 0.4) is 0 Å². The molecular formula is C12H13N3O4S. The molecule has 20 heavy (non-hydrogen) atoms. The SMILES string of the molecule is O=C(O)c1cccc2nnc(CC3CCS(=O)(=O)C3)n12. The summed E-state index contributed by atoms with van der Waals surface area (Å²) >= 11 is 0. The Morgan fingerprint density at radius 2 is 2.20 bits per heavy atom. The molecule has 3 rings (SSSR count). The molecule has 0 amide bonds. The zero-order valence-electron chi connectivity index (χ0n) is 10.6.